The molecule has 2 unspecified atom stereocenters. The summed E-state index contributed by atoms with van der Waals surface area (Å²) in [5, 5.41) is -0.189. The Hall–Kier alpha value is -2.26. The van der Waals surface area contributed by atoms with E-state index in [0.29, 0.717) is 24.5 Å². The van der Waals surface area contributed by atoms with Gasteiger partial charge in [-0.25, -0.2) is 8.78 Å². The van der Waals surface area contributed by atoms with Gasteiger partial charge < -0.3 is 15.2 Å². The Balaban J connectivity index is 2.11. The Morgan fingerprint density at radius 3 is 2.69 bits per heavy atom. The molecule has 3 aromatic rings. The summed E-state index contributed by atoms with van der Waals surface area (Å²) in [6, 6.07) is 0.864. The number of nitrogens with one attached hydrogen (secondary N) is 1. The smallest absolute Gasteiger partial charge is 0.271 e. The maximum absolute atomic E-state index is 15.4. The molecule has 9 heteroatoms. The number of benzene rings is 1. The number of rotatable bonds is 2. The van der Waals surface area contributed by atoms with Crippen LogP contribution in [-0.4, -0.2) is 28.1 Å². The molecule has 0 spiro atoms. The first kappa shape index (κ1) is 17.2. The number of aromatic amines is 1. The van der Waals surface area contributed by atoms with Crippen molar-refractivity contribution in [1.82, 2.24) is 8.94 Å². The first-order valence-corrected chi connectivity index (χ1v) is 9.23. The number of H-pyrrole nitrogens is 1. The lowest BCUT2D eigenvalue weighted by Gasteiger charge is -2.22. The second kappa shape index (κ2) is 5.88. The molecule has 2 aromatic heterocycles. The number of hydrogen-bond acceptors (Lipinski definition) is 5. The van der Waals surface area contributed by atoms with Crippen molar-refractivity contribution in [3.63, 3.8) is 0 Å². The van der Waals surface area contributed by atoms with Gasteiger partial charge in [0.25, 0.3) is 5.56 Å². The predicted octanol–water partition coefficient (Wildman–Crippen LogP) is 1.99. The van der Waals surface area contributed by atoms with Crippen LogP contribution in [-0.2, 0) is 6.54 Å². The first-order chi connectivity index (χ1) is 12.3. The number of aromatic nitrogens is 2. The average Bonchev–Trinajstić information content (AvgIpc) is 3.12. The minimum Gasteiger partial charge on any atom is -0.365 e. The maximum Gasteiger partial charge on any atom is 0.271 e. The number of hydrogen-bond donors (Lipinski definition) is 2. The minimum absolute atomic E-state index is 0.0183. The number of nitrogens with two attached hydrogens (primary N) is 1. The molecule has 3 N–H and O–H groups in total. The van der Waals surface area contributed by atoms with Gasteiger partial charge in [-0.3, -0.25) is 14.0 Å². The van der Waals surface area contributed by atoms with Crippen molar-refractivity contribution in [3.8, 4) is 0 Å². The Morgan fingerprint density at radius 1 is 1.35 bits per heavy atom. The SMILES string of the molecule is CCn1c2s[nH]c(=O)c2c(=O)c2cc(F)c(N3CC(C)C(N)C3)c(F)c21. The van der Waals surface area contributed by atoms with Gasteiger partial charge in [-0.15, -0.1) is 0 Å². The van der Waals surface area contributed by atoms with E-state index in [1.807, 2.05) is 6.92 Å². The van der Waals surface area contributed by atoms with Crippen molar-refractivity contribution >= 4 is 38.3 Å². The molecule has 2 atom stereocenters. The third-order valence-corrected chi connectivity index (χ3v) is 6.04. The summed E-state index contributed by atoms with van der Waals surface area (Å²) in [6.45, 7) is 4.83. The third-order valence-electron chi connectivity index (χ3n) is 5.14. The van der Waals surface area contributed by atoms with Crippen LogP contribution in [0.25, 0.3) is 21.1 Å². The Bertz CT molecular complexity index is 1140. The maximum atomic E-state index is 15.4. The van der Waals surface area contributed by atoms with Crippen molar-refractivity contribution < 1.29 is 8.78 Å². The Labute approximate surface area is 151 Å². The largest absolute Gasteiger partial charge is 0.365 e. The number of nitrogens with zero attached hydrogens (tertiary/aromatic N) is 2. The monoisotopic (exact) mass is 380 g/mol. The highest BCUT2D eigenvalue weighted by Gasteiger charge is 2.32. The Morgan fingerprint density at radius 2 is 2.08 bits per heavy atom. The highest BCUT2D eigenvalue weighted by Crippen LogP contribution is 2.34. The second-order valence-electron chi connectivity index (χ2n) is 6.75. The molecular formula is C17H18F2N4O2S. The van der Waals surface area contributed by atoms with Gasteiger partial charge in [-0.1, -0.05) is 6.92 Å². The lowest BCUT2D eigenvalue weighted by atomic mass is 10.1. The van der Waals surface area contributed by atoms with Crippen LogP contribution in [0.2, 0.25) is 0 Å². The van der Waals surface area contributed by atoms with E-state index in [0.717, 1.165) is 17.6 Å². The highest BCUT2D eigenvalue weighted by molar-refractivity contribution is 7.12. The van der Waals surface area contributed by atoms with Gasteiger partial charge in [0.05, 0.1) is 10.9 Å². The summed E-state index contributed by atoms with van der Waals surface area (Å²) >= 11 is 0.977. The van der Waals surface area contributed by atoms with Gasteiger partial charge in [0.15, 0.2) is 5.82 Å². The molecule has 0 bridgehead atoms. The van der Waals surface area contributed by atoms with Crippen LogP contribution in [0.15, 0.2) is 15.7 Å². The van der Waals surface area contributed by atoms with Crippen LogP contribution in [0, 0.1) is 17.6 Å². The van der Waals surface area contributed by atoms with Crippen molar-refractivity contribution in [2.75, 3.05) is 18.0 Å². The summed E-state index contributed by atoms with van der Waals surface area (Å²) < 4.78 is 34.3. The standard InChI is InChI=1S/C17H18F2N4O2S/c1-3-23-13-8(15(24)11-16(25)21-26-17(11)23)4-9(18)14(12(13)19)22-5-7(2)10(20)6-22/h4,7,10H,3,5-6,20H2,1-2H3,(H,21,25). The fourth-order valence-corrected chi connectivity index (χ4v) is 4.63. The molecule has 1 aliphatic heterocycles. The van der Waals surface area contributed by atoms with E-state index >= 15 is 4.39 Å². The molecule has 1 saturated heterocycles. The minimum atomic E-state index is -0.818. The summed E-state index contributed by atoms with van der Waals surface area (Å²) in [4.78, 5) is 26.6. The second-order valence-corrected chi connectivity index (χ2v) is 7.54. The normalized spacial score (nSPS) is 20.6. The van der Waals surface area contributed by atoms with Gasteiger partial charge in [-0.05, 0) is 30.4 Å². The summed E-state index contributed by atoms with van der Waals surface area (Å²) in [6.07, 6.45) is 0. The van der Waals surface area contributed by atoms with Gasteiger partial charge in [0.2, 0.25) is 5.43 Å². The number of anilines is 1. The quantitative estimate of drug-likeness (QED) is 0.712. The first-order valence-electron chi connectivity index (χ1n) is 8.41. The lowest BCUT2D eigenvalue weighted by molar-refractivity contribution is 0.564. The number of halogens is 2. The van der Waals surface area contributed by atoms with Crippen LogP contribution in [0.1, 0.15) is 13.8 Å². The average molecular weight is 380 g/mol. The molecule has 1 fully saturated rings. The van der Waals surface area contributed by atoms with Crippen LogP contribution in [0.5, 0.6) is 0 Å². The van der Waals surface area contributed by atoms with E-state index < -0.39 is 22.6 Å². The molecule has 0 amide bonds. The number of pyridine rings is 1. The molecule has 138 valence electrons. The third kappa shape index (κ3) is 2.23. The summed E-state index contributed by atoms with van der Waals surface area (Å²) in [5.74, 6) is -1.50. The van der Waals surface area contributed by atoms with E-state index in [4.69, 9.17) is 5.73 Å². The summed E-state index contributed by atoms with van der Waals surface area (Å²) in [7, 11) is 0. The molecule has 0 saturated carbocycles. The highest BCUT2D eigenvalue weighted by atomic mass is 32.1. The lowest BCUT2D eigenvalue weighted by Crippen LogP contribution is -2.29. The number of fused-ring (bicyclic) bond motifs is 2. The van der Waals surface area contributed by atoms with E-state index in [1.54, 1.807) is 16.4 Å². The van der Waals surface area contributed by atoms with E-state index in [9.17, 15) is 14.0 Å². The van der Waals surface area contributed by atoms with Crippen LogP contribution in [0.3, 0.4) is 0 Å². The van der Waals surface area contributed by atoms with E-state index in [1.165, 1.54) is 0 Å². The molecule has 0 aliphatic carbocycles. The zero-order valence-electron chi connectivity index (χ0n) is 14.3. The van der Waals surface area contributed by atoms with Crippen LogP contribution in [0.4, 0.5) is 14.5 Å². The molecular weight excluding hydrogens is 362 g/mol. The zero-order valence-corrected chi connectivity index (χ0v) is 15.1. The van der Waals surface area contributed by atoms with E-state index in [-0.39, 0.29) is 33.9 Å². The molecule has 1 aliphatic rings. The van der Waals surface area contributed by atoms with Crippen molar-refractivity contribution in [3.05, 3.63) is 38.3 Å². The van der Waals surface area contributed by atoms with Gasteiger partial charge in [-0.2, -0.15) is 0 Å². The van der Waals surface area contributed by atoms with Gasteiger partial charge in [0.1, 0.15) is 21.7 Å². The zero-order chi connectivity index (χ0) is 18.7. The summed E-state index contributed by atoms with van der Waals surface area (Å²) in [5.41, 5.74) is 4.66. The fraction of sp³-hybridized carbons (Fsp3) is 0.412. The van der Waals surface area contributed by atoms with Crippen LogP contribution < -0.4 is 21.6 Å². The Kier molecular flexibility index (Phi) is 3.89. The van der Waals surface area contributed by atoms with Crippen molar-refractivity contribution in [2.24, 2.45) is 11.7 Å². The predicted molar refractivity (Wildman–Crippen MR) is 99.2 cm³/mol. The molecule has 26 heavy (non-hydrogen) atoms. The molecule has 0 radical (unpaired) electrons. The topological polar surface area (TPSA) is 84.1 Å². The molecule has 1 aromatic carbocycles. The molecule has 3 heterocycles. The van der Waals surface area contributed by atoms with Gasteiger partial charge >= 0.3 is 0 Å². The van der Waals surface area contributed by atoms with E-state index in [2.05, 4.69) is 4.37 Å². The fourth-order valence-electron chi connectivity index (χ4n) is 3.72. The van der Waals surface area contributed by atoms with Crippen molar-refractivity contribution in [2.45, 2.75) is 26.4 Å². The number of aryl methyl sites for hydroxylation is 1. The van der Waals surface area contributed by atoms with Gasteiger partial charge in [0, 0.05) is 25.7 Å². The molecule has 4 rings (SSSR count). The van der Waals surface area contributed by atoms with Crippen LogP contribution >= 0.6 is 11.5 Å². The van der Waals surface area contributed by atoms with Crippen molar-refractivity contribution in [1.29, 1.82) is 0 Å². The molecule has 6 nitrogen and oxygen atoms in total.